The number of rotatable bonds is 6. The van der Waals surface area contributed by atoms with E-state index in [1.165, 1.54) is 12.8 Å². The van der Waals surface area contributed by atoms with Gasteiger partial charge in [0.2, 0.25) is 5.95 Å². The van der Waals surface area contributed by atoms with E-state index in [1.807, 2.05) is 12.4 Å². The maximum absolute atomic E-state index is 5.62. The topological polar surface area (TPSA) is 39.1 Å². The van der Waals surface area contributed by atoms with Crippen molar-refractivity contribution in [3.8, 4) is 0 Å². The molecular formula is C12H21N3O. The molecule has 0 saturated carbocycles. The molecule has 0 aliphatic carbocycles. The van der Waals surface area contributed by atoms with Crippen molar-refractivity contribution in [3.05, 3.63) is 12.4 Å². The van der Waals surface area contributed by atoms with Crippen LogP contribution in [0, 0.1) is 0 Å². The molecule has 0 radical (unpaired) electrons. The van der Waals surface area contributed by atoms with Gasteiger partial charge < -0.3 is 14.6 Å². The minimum Gasteiger partial charge on any atom is -0.378 e. The highest BCUT2D eigenvalue weighted by Gasteiger charge is 2.15. The Balaban J connectivity index is 1.80. The molecule has 0 amide bonds. The summed E-state index contributed by atoms with van der Waals surface area (Å²) in [7, 11) is 0. The summed E-state index contributed by atoms with van der Waals surface area (Å²) in [6.07, 6.45) is 9.00. The predicted octanol–water partition coefficient (Wildman–Crippen LogP) is 2.27. The van der Waals surface area contributed by atoms with Crippen LogP contribution >= 0.6 is 0 Å². The summed E-state index contributed by atoms with van der Waals surface area (Å²) >= 11 is 0. The van der Waals surface area contributed by atoms with Gasteiger partial charge in [-0.15, -0.1) is 0 Å². The van der Waals surface area contributed by atoms with Crippen LogP contribution in [0.3, 0.4) is 0 Å². The van der Waals surface area contributed by atoms with Crippen molar-refractivity contribution in [1.82, 2.24) is 9.55 Å². The summed E-state index contributed by atoms with van der Waals surface area (Å²) in [4.78, 5) is 4.31. The van der Waals surface area contributed by atoms with E-state index in [-0.39, 0.29) is 0 Å². The number of hydrogen-bond donors (Lipinski definition) is 1. The molecule has 4 nitrogen and oxygen atoms in total. The Morgan fingerprint density at radius 3 is 3.31 bits per heavy atom. The van der Waals surface area contributed by atoms with Gasteiger partial charge in [-0.25, -0.2) is 4.98 Å². The van der Waals surface area contributed by atoms with Crippen LogP contribution in [0.4, 0.5) is 5.95 Å². The summed E-state index contributed by atoms with van der Waals surface area (Å²) in [6, 6.07) is 0. The number of anilines is 1. The molecule has 1 saturated heterocycles. The molecule has 1 N–H and O–H groups in total. The van der Waals surface area contributed by atoms with Gasteiger partial charge in [-0.05, 0) is 25.7 Å². The molecule has 4 heteroatoms. The first-order chi connectivity index (χ1) is 7.90. The fourth-order valence-electron chi connectivity index (χ4n) is 2.05. The molecule has 1 atom stereocenters. The van der Waals surface area contributed by atoms with Gasteiger partial charge in [-0.3, -0.25) is 0 Å². The van der Waals surface area contributed by atoms with Gasteiger partial charge in [0.15, 0.2) is 0 Å². The molecule has 0 spiro atoms. The lowest BCUT2D eigenvalue weighted by Crippen LogP contribution is -2.12. The monoisotopic (exact) mass is 223 g/mol. The average Bonchev–Trinajstić information content (AvgIpc) is 2.94. The first-order valence-corrected chi connectivity index (χ1v) is 6.26. The van der Waals surface area contributed by atoms with E-state index in [0.717, 1.165) is 38.5 Å². The summed E-state index contributed by atoms with van der Waals surface area (Å²) in [6.45, 7) is 5.08. The molecule has 1 aromatic heterocycles. The zero-order valence-electron chi connectivity index (χ0n) is 9.98. The number of aromatic nitrogens is 2. The average molecular weight is 223 g/mol. The molecule has 16 heavy (non-hydrogen) atoms. The second kappa shape index (κ2) is 5.89. The van der Waals surface area contributed by atoms with E-state index in [1.54, 1.807) is 0 Å². The van der Waals surface area contributed by atoms with Crippen LogP contribution in [0.5, 0.6) is 0 Å². The molecule has 1 aliphatic rings. The van der Waals surface area contributed by atoms with E-state index in [2.05, 4.69) is 21.8 Å². The molecule has 1 unspecified atom stereocenters. The Kier molecular flexibility index (Phi) is 4.22. The van der Waals surface area contributed by atoms with Crippen molar-refractivity contribution in [3.63, 3.8) is 0 Å². The quantitative estimate of drug-likeness (QED) is 0.804. The molecule has 2 rings (SSSR count). The van der Waals surface area contributed by atoms with Gasteiger partial charge in [0.1, 0.15) is 0 Å². The molecular weight excluding hydrogens is 202 g/mol. The zero-order chi connectivity index (χ0) is 11.2. The van der Waals surface area contributed by atoms with Gasteiger partial charge in [0.05, 0.1) is 6.10 Å². The maximum atomic E-state index is 5.62. The van der Waals surface area contributed by atoms with Crippen molar-refractivity contribution < 1.29 is 4.74 Å². The van der Waals surface area contributed by atoms with E-state index < -0.39 is 0 Å². The fourth-order valence-corrected chi connectivity index (χ4v) is 2.05. The normalized spacial score (nSPS) is 20.2. The second-order valence-corrected chi connectivity index (χ2v) is 4.29. The predicted molar refractivity (Wildman–Crippen MR) is 64.6 cm³/mol. The fraction of sp³-hybridized carbons (Fsp3) is 0.750. The third kappa shape index (κ3) is 2.98. The first-order valence-electron chi connectivity index (χ1n) is 6.26. The highest BCUT2D eigenvalue weighted by Crippen LogP contribution is 2.17. The minimum atomic E-state index is 0.460. The molecule has 0 aromatic carbocycles. The van der Waals surface area contributed by atoms with Crippen LogP contribution in [0.2, 0.25) is 0 Å². The molecule has 1 fully saturated rings. The van der Waals surface area contributed by atoms with E-state index in [0.29, 0.717) is 6.10 Å². The number of hydrogen-bond acceptors (Lipinski definition) is 3. The number of nitrogens with one attached hydrogen (secondary N) is 1. The Bertz CT molecular complexity index is 305. The van der Waals surface area contributed by atoms with Crippen LogP contribution in [-0.2, 0) is 11.3 Å². The van der Waals surface area contributed by atoms with Crippen molar-refractivity contribution in [1.29, 1.82) is 0 Å². The molecule has 90 valence electrons. The number of ether oxygens (including phenoxy) is 1. The smallest absolute Gasteiger partial charge is 0.202 e. The highest BCUT2D eigenvalue weighted by molar-refractivity contribution is 5.25. The molecule has 0 bridgehead atoms. The van der Waals surface area contributed by atoms with Gasteiger partial charge in [-0.2, -0.15) is 0 Å². The summed E-state index contributed by atoms with van der Waals surface area (Å²) in [5.41, 5.74) is 0. The van der Waals surface area contributed by atoms with Gasteiger partial charge in [-0.1, -0.05) is 6.92 Å². The number of aryl methyl sites for hydroxylation is 1. The number of imidazole rings is 1. The van der Waals surface area contributed by atoms with Crippen LogP contribution in [-0.4, -0.2) is 28.8 Å². The summed E-state index contributed by atoms with van der Waals surface area (Å²) < 4.78 is 7.80. The Labute approximate surface area is 97.0 Å². The maximum Gasteiger partial charge on any atom is 0.202 e. The lowest BCUT2D eigenvalue weighted by Gasteiger charge is -2.12. The second-order valence-electron chi connectivity index (χ2n) is 4.29. The Morgan fingerprint density at radius 2 is 2.56 bits per heavy atom. The lowest BCUT2D eigenvalue weighted by atomic mass is 10.2. The van der Waals surface area contributed by atoms with Gasteiger partial charge in [0, 0.05) is 32.1 Å². The van der Waals surface area contributed by atoms with Crippen molar-refractivity contribution >= 4 is 5.95 Å². The number of nitrogens with zero attached hydrogens (tertiary/aromatic N) is 2. The van der Waals surface area contributed by atoms with Crippen LogP contribution in [0.25, 0.3) is 0 Å². The molecule has 1 aliphatic heterocycles. The summed E-state index contributed by atoms with van der Waals surface area (Å²) in [5.74, 6) is 0.986. The summed E-state index contributed by atoms with van der Waals surface area (Å²) in [5, 5.41) is 3.33. The van der Waals surface area contributed by atoms with E-state index >= 15 is 0 Å². The lowest BCUT2D eigenvalue weighted by molar-refractivity contribution is 0.100. The van der Waals surface area contributed by atoms with Crippen LogP contribution in [0.15, 0.2) is 12.4 Å². The SMILES string of the molecule is CCCNc1nccn1CCC1CCCO1. The van der Waals surface area contributed by atoms with Crippen molar-refractivity contribution in [2.75, 3.05) is 18.5 Å². The van der Waals surface area contributed by atoms with Crippen LogP contribution < -0.4 is 5.32 Å². The minimum absolute atomic E-state index is 0.460. The zero-order valence-corrected chi connectivity index (χ0v) is 9.98. The molecule has 1 aromatic rings. The van der Waals surface area contributed by atoms with E-state index in [9.17, 15) is 0 Å². The third-order valence-corrected chi connectivity index (χ3v) is 2.96. The first kappa shape index (κ1) is 11.5. The van der Waals surface area contributed by atoms with Crippen molar-refractivity contribution in [2.24, 2.45) is 0 Å². The third-order valence-electron chi connectivity index (χ3n) is 2.96. The highest BCUT2D eigenvalue weighted by atomic mass is 16.5. The van der Waals surface area contributed by atoms with Crippen molar-refractivity contribution in [2.45, 2.75) is 45.3 Å². The van der Waals surface area contributed by atoms with Gasteiger partial charge >= 0.3 is 0 Å². The standard InChI is InChI=1S/C12H21N3O/c1-2-6-13-12-14-7-9-15(12)8-5-11-4-3-10-16-11/h7,9,11H,2-6,8,10H2,1H3,(H,13,14). The Hall–Kier alpha value is -1.03. The molecule has 2 heterocycles. The van der Waals surface area contributed by atoms with Gasteiger partial charge in [0.25, 0.3) is 0 Å². The van der Waals surface area contributed by atoms with Crippen LogP contribution in [0.1, 0.15) is 32.6 Å². The largest absolute Gasteiger partial charge is 0.378 e. The van der Waals surface area contributed by atoms with E-state index in [4.69, 9.17) is 4.74 Å². The Morgan fingerprint density at radius 1 is 1.62 bits per heavy atom.